The fourth-order valence-corrected chi connectivity index (χ4v) is 5.75. The number of Topliss-reactive ketones (excluding diaryl/α,β-unsaturated/α-hetero) is 1. The number of ketones is 1. The number of rotatable bonds is 5. The Hall–Kier alpha value is -3.51. The number of amides is 1. The molecule has 1 amide bonds. The summed E-state index contributed by atoms with van der Waals surface area (Å²) in [4.78, 5) is 26.1. The van der Waals surface area contributed by atoms with Gasteiger partial charge in [-0.2, -0.15) is 4.39 Å². The topological polar surface area (TPSA) is 132 Å². The Kier molecular flexibility index (Phi) is 7.48. The zero-order chi connectivity index (χ0) is 27.8. The Morgan fingerprint density at radius 3 is 2.58 bits per heavy atom. The van der Waals surface area contributed by atoms with Crippen LogP contribution in [0.4, 0.5) is 9.18 Å². The van der Waals surface area contributed by atoms with E-state index in [2.05, 4.69) is 20.9 Å². The minimum absolute atomic E-state index is 0.0597. The second kappa shape index (κ2) is 10.3. The third-order valence-corrected chi connectivity index (χ3v) is 7.67. The van der Waals surface area contributed by atoms with E-state index >= 15 is 4.39 Å². The number of carbonyl (C=O) groups is 2. The minimum atomic E-state index is -4.25. The molecule has 13 heteroatoms. The molecular formula is C25H27ClFN5O5S. The summed E-state index contributed by atoms with van der Waals surface area (Å²) in [7, 11) is -4.25. The van der Waals surface area contributed by atoms with Crippen LogP contribution in [0.1, 0.15) is 39.0 Å². The van der Waals surface area contributed by atoms with Crippen molar-refractivity contribution in [3.8, 4) is 0 Å². The summed E-state index contributed by atoms with van der Waals surface area (Å²) in [6.07, 6.45) is 2.53. The molecule has 0 aliphatic carbocycles. The largest absolute Gasteiger partial charge is 0.444 e. The van der Waals surface area contributed by atoms with Crippen molar-refractivity contribution in [1.82, 2.24) is 25.6 Å². The second-order valence-electron chi connectivity index (χ2n) is 9.85. The molecule has 0 bridgehead atoms. The molecule has 1 aromatic heterocycles. The van der Waals surface area contributed by atoms with Gasteiger partial charge in [-0.3, -0.25) is 4.79 Å². The average molecular weight is 564 g/mol. The molecule has 0 saturated heterocycles. The Morgan fingerprint density at radius 1 is 1.29 bits per heavy atom. The number of halogens is 2. The van der Waals surface area contributed by atoms with E-state index in [9.17, 15) is 18.0 Å². The molecule has 4 rings (SSSR count). The highest BCUT2D eigenvalue weighted by Gasteiger charge is 2.43. The lowest BCUT2D eigenvalue weighted by atomic mass is 9.92. The third kappa shape index (κ3) is 5.97. The summed E-state index contributed by atoms with van der Waals surface area (Å²) in [5.74, 6) is -2.49. The molecule has 10 nitrogen and oxygen atoms in total. The van der Waals surface area contributed by atoms with Gasteiger partial charge in [-0.1, -0.05) is 35.9 Å². The van der Waals surface area contributed by atoms with Crippen molar-refractivity contribution in [3.63, 3.8) is 0 Å². The molecule has 0 radical (unpaired) electrons. The van der Waals surface area contributed by atoms with Gasteiger partial charge in [0.15, 0.2) is 15.6 Å². The van der Waals surface area contributed by atoms with Crippen LogP contribution in [-0.2, 0) is 32.2 Å². The summed E-state index contributed by atoms with van der Waals surface area (Å²) in [6, 6.07) is 5.29. The van der Waals surface area contributed by atoms with Crippen molar-refractivity contribution in [2.24, 2.45) is 0 Å². The number of alkyl carbamates (subject to hydrolysis) is 1. The number of carbonyl (C=O) groups excluding carboxylic acids is 2. The fourth-order valence-electron chi connectivity index (χ4n) is 3.99. The van der Waals surface area contributed by atoms with Gasteiger partial charge in [0, 0.05) is 5.02 Å². The van der Waals surface area contributed by atoms with Gasteiger partial charge in [-0.05, 0) is 63.0 Å². The van der Waals surface area contributed by atoms with Gasteiger partial charge < -0.3 is 15.4 Å². The first-order chi connectivity index (χ1) is 17.8. The van der Waals surface area contributed by atoms with E-state index in [0.29, 0.717) is 22.7 Å². The van der Waals surface area contributed by atoms with Gasteiger partial charge in [0.05, 0.1) is 23.2 Å². The van der Waals surface area contributed by atoms with E-state index in [4.69, 9.17) is 16.3 Å². The second-order valence-corrected chi connectivity index (χ2v) is 12.3. The molecule has 0 saturated carbocycles. The molecule has 202 valence electrons. The molecule has 2 N–H and O–H groups in total. The van der Waals surface area contributed by atoms with Crippen molar-refractivity contribution in [1.29, 1.82) is 0 Å². The highest BCUT2D eigenvalue weighted by molar-refractivity contribution is 7.95. The van der Waals surface area contributed by atoms with Gasteiger partial charge in [0.2, 0.25) is 5.95 Å². The maximum atomic E-state index is 15.5. The van der Waals surface area contributed by atoms with Crippen LogP contribution in [0.25, 0.3) is 5.70 Å². The highest BCUT2D eigenvalue weighted by Crippen LogP contribution is 2.34. The van der Waals surface area contributed by atoms with Crippen LogP contribution in [0.5, 0.6) is 0 Å². The Balaban J connectivity index is 1.83. The van der Waals surface area contributed by atoms with Gasteiger partial charge in [-0.25, -0.2) is 17.9 Å². The van der Waals surface area contributed by atoms with E-state index < -0.39 is 50.1 Å². The van der Waals surface area contributed by atoms with Crippen molar-refractivity contribution in [2.75, 3.05) is 5.75 Å². The zero-order valence-electron chi connectivity index (χ0n) is 21.2. The molecule has 2 aliphatic heterocycles. The number of allylic oxidation sites excluding steroid dienone is 3. The number of aromatic nitrogens is 3. The van der Waals surface area contributed by atoms with Crippen LogP contribution in [0, 0.1) is 0 Å². The first-order valence-electron chi connectivity index (χ1n) is 11.8. The standard InChI is InChI=1S/C25H27ClFN5O5S/c1-5-17-12-32(31-30-17)19-11-15(10-14-6-8-16(26)9-7-14)20-21(33)18(28-24(34)37-25(2,3)4)13-38(35,36)23(20)29-22(19)27/h6-9,11-12,18,29H,5,10,13H2,1-4H3,(H,28,34)/t18-/m0/s1. The average Bonchev–Trinajstić information content (AvgIpc) is 3.23. The summed E-state index contributed by atoms with van der Waals surface area (Å²) in [6.45, 7) is 6.77. The van der Waals surface area contributed by atoms with Crippen LogP contribution >= 0.6 is 11.6 Å². The molecular weight excluding hydrogens is 537 g/mol. The number of sulfone groups is 1. The van der Waals surface area contributed by atoms with Crippen LogP contribution in [-0.4, -0.2) is 52.7 Å². The molecule has 0 unspecified atom stereocenters. The van der Waals surface area contributed by atoms with Crippen LogP contribution in [0.2, 0.25) is 5.02 Å². The third-order valence-electron chi connectivity index (χ3n) is 5.72. The van der Waals surface area contributed by atoms with Crippen molar-refractivity contribution >= 4 is 39.0 Å². The number of ether oxygens (including phenoxy) is 1. The SMILES string of the molecule is CCc1cn(C2=C(F)NC3=C(C(=O)[C@@H](NC(=O)OC(C)(C)C)CS3(=O)=O)C(Cc3ccc(Cl)cc3)=C2)nn1. The number of nitrogens with one attached hydrogen (secondary N) is 2. The molecule has 3 heterocycles. The molecule has 38 heavy (non-hydrogen) atoms. The number of nitrogens with zero attached hydrogens (tertiary/aromatic N) is 3. The first-order valence-corrected chi connectivity index (χ1v) is 13.8. The summed E-state index contributed by atoms with van der Waals surface area (Å²) in [5, 5.41) is 12.5. The Bertz CT molecular complexity index is 1490. The molecule has 0 spiro atoms. The predicted octanol–water partition coefficient (Wildman–Crippen LogP) is 3.46. The Morgan fingerprint density at radius 2 is 1.97 bits per heavy atom. The van der Waals surface area contributed by atoms with Gasteiger partial charge in [-0.15, -0.1) is 5.10 Å². The number of benzene rings is 1. The number of aryl methyl sites for hydroxylation is 1. The summed E-state index contributed by atoms with van der Waals surface area (Å²) >= 11 is 6.01. The monoisotopic (exact) mass is 563 g/mol. The van der Waals surface area contributed by atoms with E-state index in [1.165, 1.54) is 17.0 Å². The van der Waals surface area contributed by atoms with Gasteiger partial charge in [0.25, 0.3) is 0 Å². The van der Waals surface area contributed by atoms with E-state index in [0.717, 1.165) is 0 Å². The molecule has 1 aromatic carbocycles. The quantitative estimate of drug-likeness (QED) is 0.529. The van der Waals surface area contributed by atoms with Crippen LogP contribution in [0.15, 0.2) is 58.7 Å². The smallest absolute Gasteiger partial charge is 0.408 e. The molecule has 2 aliphatic rings. The van der Waals surface area contributed by atoms with Crippen molar-refractivity contribution < 1.29 is 27.1 Å². The van der Waals surface area contributed by atoms with E-state index in [1.807, 2.05) is 6.92 Å². The van der Waals surface area contributed by atoms with Crippen LogP contribution < -0.4 is 10.6 Å². The minimum Gasteiger partial charge on any atom is -0.444 e. The van der Waals surface area contributed by atoms with Gasteiger partial charge in [0.1, 0.15) is 22.4 Å². The van der Waals surface area contributed by atoms with E-state index in [-0.39, 0.29) is 23.3 Å². The van der Waals surface area contributed by atoms with Crippen molar-refractivity contribution in [3.05, 3.63) is 74.9 Å². The lowest BCUT2D eigenvalue weighted by molar-refractivity contribution is -0.117. The van der Waals surface area contributed by atoms with E-state index in [1.54, 1.807) is 45.0 Å². The molecule has 0 fully saturated rings. The predicted molar refractivity (Wildman–Crippen MR) is 139 cm³/mol. The first kappa shape index (κ1) is 27.5. The number of hydrogen-bond donors (Lipinski definition) is 2. The fraction of sp³-hybridized carbons (Fsp3) is 0.360. The molecule has 1 atom stereocenters. The zero-order valence-corrected chi connectivity index (χ0v) is 22.8. The summed E-state index contributed by atoms with van der Waals surface area (Å²) < 4.78 is 48.6. The summed E-state index contributed by atoms with van der Waals surface area (Å²) in [5.41, 5.74) is 0.226. The van der Waals surface area contributed by atoms with Crippen LogP contribution in [0.3, 0.4) is 0 Å². The lowest BCUT2D eigenvalue weighted by Crippen LogP contribution is -2.51. The number of hydrogen-bond acceptors (Lipinski definition) is 8. The van der Waals surface area contributed by atoms with Gasteiger partial charge >= 0.3 is 6.09 Å². The Labute approximate surface area is 224 Å². The molecule has 2 aromatic rings. The highest BCUT2D eigenvalue weighted by atomic mass is 35.5. The maximum absolute atomic E-state index is 15.5. The normalized spacial score (nSPS) is 19.4. The lowest BCUT2D eigenvalue weighted by Gasteiger charge is -2.28. The van der Waals surface area contributed by atoms with Crippen molar-refractivity contribution in [2.45, 2.75) is 52.2 Å². The maximum Gasteiger partial charge on any atom is 0.408 e.